The van der Waals surface area contributed by atoms with Gasteiger partial charge in [0.2, 0.25) is 0 Å². The normalized spacial score (nSPS) is 21.0. The molecule has 4 aromatic rings. The molecule has 0 saturated carbocycles. The lowest BCUT2D eigenvalue weighted by Crippen LogP contribution is -2.43. The summed E-state index contributed by atoms with van der Waals surface area (Å²) < 4.78 is 13.4. The highest BCUT2D eigenvalue weighted by atomic mass is 16.6. The number of pyridine rings is 1. The van der Waals surface area contributed by atoms with E-state index in [1.54, 1.807) is 12.5 Å². The number of imidazole rings is 1. The van der Waals surface area contributed by atoms with Crippen molar-refractivity contribution in [3.8, 4) is 0 Å². The van der Waals surface area contributed by atoms with Gasteiger partial charge in [-0.2, -0.15) is 0 Å². The number of aromatic nitrogens is 3. The molecular formula is C23H22N4O3. The first kappa shape index (κ1) is 17.5. The molecule has 0 bridgehead atoms. The number of cyclic esters (lactones) is 1. The van der Waals surface area contributed by atoms with Crippen molar-refractivity contribution in [2.45, 2.75) is 31.9 Å². The van der Waals surface area contributed by atoms with Gasteiger partial charge >= 0.3 is 5.97 Å². The predicted molar refractivity (Wildman–Crippen MR) is 112 cm³/mol. The number of rotatable bonds is 3. The predicted octanol–water partition coefficient (Wildman–Crippen LogP) is 3.78. The fourth-order valence-corrected chi connectivity index (χ4v) is 5.00. The van der Waals surface area contributed by atoms with Crippen LogP contribution in [0.2, 0.25) is 0 Å². The average molecular weight is 402 g/mol. The van der Waals surface area contributed by atoms with E-state index in [4.69, 9.17) is 9.15 Å². The summed E-state index contributed by atoms with van der Waals surface area (Å²) in [5.74, 6) is 0.884. The van der Waals surface area contributed by atoms with Crippen LogP contribution in [-0.4, -0.2) is 39.7 Å². The highest BCUT2D eigenvalue weighted by Crippen LogP contribution is 2.44. The minimum Gasteiger partial charge on any atom is -0.464 e. The Hall–Kier alpha value is -3.35. The molecule has 1 unspecified atom stereocenters. The lowest BCUT2D eigenvalue weighted by molar-refractivity contribution is -0.150. The van der Waals surface area contributed by atoms with Gasteiger partial charge < -0.3 is 18.6 Å². The van der Waals surface area contributed by atoms with Crippen molar-refractivity contribution in [2.75, 3.05) is 18.0 Å². The maximum absolute atomic E-state index is 12.9. The Morgan fingerprint density at radius 3 is 2.87 bits per heavy atom. The third-order valence-corrected chi connectivity index (χ3v) is 6.63. The second-order valence-electron chi connectivity index (χ2n) is 8.35. The van der Waals surface area contributed by atoms with Crippen molar-refractivity contribution in [1.29, 1.82) is 0 Å². The zero-order valence-corrected chi connectivity index (χ0v) is 16.5. The number of furan rings is 1. The van der Waals surface area contributed by atoms with Crippen LogP contribution >= 0.6 is 0 Å². The Morgan fingerprint density at radius 2 is 1.97 bits per heavy atom. The van der Waals surface area contributed by atoms with Gasteiger partial charge in [0, 0.05) is 25.7 Å². The summed E-state index contributed by atoms with van der Waals surface area (Å²) in [6, 6.07) is 11.9. The highest BCUT2D eigenvalue weighted by Gasteiger charge is 2.50. The molecule has 6 rings (SSSR count). The number of anilines is 1. The highest BCUT2D eigenvalue weighted by molar-refractivity contribution is 5.88. The van der Waals surface area contributed by atoms with Crippen molar-refractivity contribution in [3.05, 3.63) is 55.2 Å². The van der Waals surface area contributed by atoms with Crippen LogP contribution in [0.5, 0.6) is 0 Å². The Kier molecular flexibility index (Phi) is 3.84. The molecular weight excluding hydrogens is 380 g/mol. The van der Waals surface area contributed by atoms with E-state index in [1.165, 1.54) is 0 Å². The number of ether oxygens (including phenoxy) is 1. The number of benzene rings is 1. The lowest BCUT2D eigenvalue weighted by atomic mass is 9.76. The monoisotopic (exact) mass is 402 g/mol. The smallest absolute Gasteiger partial charge is 0.312 e. The Morgan fingerprint density at radius 1 is 1.10 bits per heavy atom. The molecule has 0 amide bonds. The molecule has 1 atom stereocenters. The zero-order chi connectivity index (χ0) is 20.1. The topological polar surface area (TPSA) is 73.4 Å². The average Bonchev–Trinajstić information content (AvgIpc) is 3.48. The van der Waals surface area contributed by atoms with Crippen molar-refractivity contribution in [3.63, 3.8) is 0 Å². The minimum atomic E-state index is -0.387. The minimum absolute atomic E-state index is 0.0500. The van der Waals surface area contributed by atoms with E-state index in [1.807, 2.05) is 36.7 Å². The summed E-state index contributed by atoms with van der Waals surface area (Å²) in [5.41, 5.74) is 2.49. The van der Waals surface area contributed by atoms with E-state index < -0.39 is 0 Å². The molecule has 1 spiro atoms. The van der Waals surface area contributed by atoms with E-state index in [9.17, 15) is 4.79 Å². The van der Waals surface area contributed by atoms with E-state index >= 15 is 0 Å². The van der Waals surface area contributed by atoms with Gasteiger partial charge in [0.25, 0.3) is 0 Å². The summed E-state index contributed by atoms with van der Waals surface area (Å²) in [4.78, 5) is 24.1. The van der Waals surface area contributed by atoms with Crippen molar-refractivity contribution >= 4 is 33.8 Å². The molecule has 0 N–H and O–H groups in total. The Labute approximate surface area is 173 Å². The van der Waals surface area contributed by atoms with Gasteiger partial charge in [-0.3, -0.25) is 4.79 Å². The van der Waals surface area contributed by atoms with Crippen LogP contribution in [0, 0.1) is 5.41 Å². The summed E-state index contributed by atoms with van der Waals surface area (Å²) >= 11 is 0. The summed E-state index contributed by atoms with van der Waals surface area (Å²) in [7, 11) is 0. The molecule has 2 aliphatic heterocycles. The number of nitrogens with zero attached hydrogens (tertiary/aromatic N) is 4. The number of hydrogen-bond acceptors (Lipinski definition) is 6. The number of fused-ring (bicyclic) bond motifs is 2. The molecule has 7 nitrogen and oxygen atoms in total. The van der Waals surface area contributed by atoms with Crippen LogP contribution in [0.15, 0.2) is 59.6 Å². The van der Waals surface area contributed by atoms with Crippen LogP contribution in [0.3, 0.4) is 0 Å². The first-order chi connectivity index (χ1) is 14.7. The van der Waals surface area contributed by atoms with E-state index in [-0.39, 0.29) is 17.5 Å². The van der Waals surface area contributed by atoms with E-state index in [0.717, 1.165) is 60.2 Å². The molecule has 152 valence electrons. The first-order valence-corrected chi connectivity index (χ1v) is 10.4. The summed E-state index contributed by atoms with van der Waals surface area (Å²) in [6.45, 7) is 2.22. The van der Waals surface area contributed by atoms with E-state index in [2.05, 4.69) is 25.5 Å². The molecule has 0 radical (unpaired) electrons. The number of esters is 1. The number of carbonyl (C=O) groups excluding carboxylic acids is 1. The van der Waals surface area contributed by atoms with Crippen LogP contribution < -0.4 is 4.90 Å². The van der Waals surface area contributed by atoms with Gasteiger partial charge in [0.15, 0.2) is 0 Å². The van der Waals surface area contributed by atoms with E-state index in [0.29, 0.717) is 6.54 Å². The van der Waals surface area contributed by atoms with Gasteiger partial charge in [-0.05, 0) is 37.1 Å². The van der Waals surface area contributed by atoms with Gasteiger partial charge in [-0.1, -0.05) is 12.1 Å². The Bertz CT molecular complexity index is 1240. The third kappa shape index (κ3) is 2.69. The van der Waals surface area contributed by atoms with Crippen molar-refractivity contribution in [1.82, 2.24) is 14.5 Å². The molecule has 5 heterocycles. The van der Waals surface area contributed by atoms with Gasteiger partial charge in [0.1, 0.15) is 17.5 Å². The molecule has 2 saturated heterocycles. The summed E-state index contributed by atoms with van der Waals surface area (Å²) in [6.07, 6.45) is 7.52. The standard InChI is InChI=1S/C23H22N4O3/c28-22-23(13-16(30-22)14-27-15-25-18-3-1-2-4-19(18)27)7-10-26(11-8-23)21-17-6-12-29-20(17)5-9-24-21/h1-6,9,12,15-16H,7-8,10-11,13-14H2. The third-order valence-electron chi connectivity index (χ3n) is 6.63. The SMILES string of the molecule is O=C1OC(Cn2cnc3ccccc32)CC12CCN(c1nccc3occc13)CC2. The second-order valence-corrected chi connectivity index (χ2v) is 8.35. The fourth-order valence-electron chi connectivity index (χ4n) is 5.00. The fraction of sp³-hybridized carbons (Fsp3) is 0.348. The van der Waals surface area contributed by atoms with Crippen LogP contribution in [0.4, 0.5) is 5.82 Å². The molecule has 0 aliphatic carbocycles. The van der Waals surface area contributed by atoms with Crippen molar-refractivity contribution in [2.24, 2.45) is 5.41 Å². The van der Waals surface area contributed by atoms with Gasteiger partial charge in [-0.25, -0.2) is 9.97 Å². The second kappa shape index (κ2) is 6.58. The number of carbonyl (C=O) groups is 1. The zero-order valence-electron chi connectivity index (χ0n) is 16.5. The number of piperidine rings is 1. The molecule has 2 fully saturated rings. The largest absolute Gasteiger partial charge is 0.464 e. The number of para-hydroxylation sites is 2. The molecule has 1 aromatic carbocycles. The quantitative estimate of drug-likeness (QED) is 0.486. The molecule has 3 aromatic heterocycles. The maximum atomic E-state index is 12.9. The Balaban J connectivity index is 1.18. The van der Waals surface area contributed by atoms with Crippen molar-refractivity contribution < 1.29 is 13.9 Å². The van der Waals surface area contributed by atoms with Gasteiger partial charge in [0.05, 0.1) is 41.0 Å². The first-order valence-electron chi connectivity index (χ1n) is 10.4. The summed E-state index contributed by atoms with van der Waals surface area (Å²) in [5, 5.41) is 1.02. The lowest BCUT2D eigenvalue weighted by Gasteiger charge is -2.37. The number of hydrogen-bond donors (Lipinski definition) is 0. The van der Waals surface area contributed by atoms with Crippen LogP contribution in [0.25, 0.3) is 22.0 Å². The van der Waals surface area contributed by atoms with Gasteiger partial charge in [-0.15, -0.1) is 0 Å². The molecule has 2 aliphatic rings. The van der Waals surface area contributed by atoms with Crippen LogP contribution in [-0.2, 0) is 16.1 Å². The van der Waals surface area contributed by atoms with Crippen LogP contribution in [0.1, 0.15) is 19.3 Å². The molecule has 7 heteroatoms. The molecule has 30 heavy (non-hydrogen) atoms. The maximum Gasteiger partial charge on any atom is 0.312 e.